The van der Waals surface area contributed by atoms with E-state index in [0.717, 1.165) is 29.7 Å². The maximum Gasteiger partial charge on any atom is 0.123 e. The fraction of sp³-hybridized carbons (Fsp3) is 0.333. The molecular formula is C27H38N2O. The quantitative estimate of drug-likeness (QED) is 0.348. The lowest BCUT2D eigenvalue weighted by Gasteiger charge is -2.18. The highest BCUT2D eigenvalue weighted by molar-refractivity contribution is 5.74. The van der Waals surface area contributed by atoms with Gasteiger partial charge in [0.1, 0.15) is 5.75 Å². The highest BCUT2D eigenvalue weighted by atomic mass is 16.3. The molecule has 2 rings (SSSR count). The van der Waals surface area contributed by atoms with E-state index in [-0.39, 0.29) is 6.04 Å². The minimum absolute atomic E-state index is 0.260. The molecule has 0 radical (unpaired) electrons. The van der Waals surface area contributed by atoms with Gasteiger partial charge in [-0.25, -0.2) is 0 Å². The van der Waals surface area contributed by atoms with E-state index in [1.54, 1.807) is 18.3 Å². The molecule has 0 heterocycles. The number of phenols is 1. The van der Waals surface area contributed by atoms with E-state index >= 15 is 0 Å². The number of hydrogen-bond acceptors (Lipinski definition) is 3. The van der Waals surface area contributed by atoms with E-state index in [1.807, 2.05) is 20.0 Å². The Morgan fingerprint density at radius 2 is 1.80 bits per heavy atom. The van der Waals surface area contributed by atoms with Crippen molar-refractivity contribution in [2.75, 3.05) is 13.6 Å². The second kappa shape index (κ2) is 12.7. The topological polar surface area (TPSA) is 44.3 Å². The number of phenolic OH excluding ortho intramolecular Hbond substituents is 1. The van der Waals surface area contributed by atoms with Gasteiger partial charge < -0.3 is 15.7 Å². The summed E-state index contributed by atoms with van der Waals surface area (Å²) >= 11 is 0. The number of benzene rings is 2. The predicted octanol–water partition coefficient (Wildman–Crippen LogP) is 6.10. The van der Waals surface area contributed by atoms with Crippen LogP contribution in [0.25, 0.3) is 11.1 Å². The van der Waals surface area contributed by atoms with Crippen LogP contribution >= 0.6 is 0 Å². The summed E-state index contributed by atoms with van der Waals surface area (Å²) in [6, 6.07) is 12.7. The van der Waals surface area contributed by atoms with E-state index in [2.05, 4.69) is 75.4 Å². The first-order valence-electron chi connectivity index (χ1n) is 10.5. The SMILES string of the molecule is C=C(C)C(Cc1ccc(C)c(-c2cc(C(C)C)ccc2O)c1)NC.C=CCNC=C. The fourth-order valence-corrected chi connectivity index (χ4v) is 3.14. The van der Waals surface area contributed by atoms with E-state index in [9.17, 15) is 5.11 Å². The standard InChI is InChI=1S/C22H29NO.C5H9N/c1-14(2)18-9-10-22(24)20(13-18)19-11-17(8-7-16(19)5)12-21(23-6)15(3)4;1-3-5-6-4-2/h7-11,13-14,21,23-24H,3,12H2,1-2,4-6H3;3-4,6H,1-2,5H2. The Morgan fingerprint density at radius 3 is 2.30 bits per heavy atom. The van der Waals surface area contributed by atoms with Gasteiger partial charge >= 0.3 is 0 Å². The Labute approximate surface area is 183 Å². The van der Waals surface area contributed by atoms with Crippen LogP contribution in [0.4, 0.5) is 0 Å². The van der Waals surface area contributed by atoms with Crippen molar-refractivity contribution < 1.29 is 5.11 Å². The fourth-order valence-electron chi connectivity index (χ4n) is 3.14. The lowest BCUT2D eigenvalue weighted by atomic mass is 9.91. The van der Waals surface area contributed by atoms with Crippen LogP contribution < -0.4 is 10.6 Å². The van der Waals surface area contributed by atoms with Crippen molar-refractivity contribution in [3.63, 3.8) is 0 Å². The summed E-state index contributed by atoms with van der Waals surface area (Å²) in [5.41, 5.74) is 6.80. The van der Waals surface area contributed by atoms with Gasteiger partial charge in [0.15, 0.2) is 0 Å². The van der Waals surface area contributed by atoms with Crippen molar-refractivity contribution >= 4 is 0 Å². The molecule has 0 aliphatic rings. The van der Waals surface area contributed by atoms with Gasteiger partial charge in [-0.15, -0.1) is 6.58 Å². The van der Waals surface area contributed by atoms with Crippen molar-refractivity contribution in [3.8, 4) is 16.9 Å². The van der Waals surface area contributed by atoms with Gasteiger partial charge in [-0.1, -0.05) is 62.9 Å². The third-order valence-electron chi connectivity index (χ3n) is 5.07. The van der Waals surface area contributed by atoms with Crippen LogP contribution in [0.15, 0.2) is 74.0 Å². The summed E-state index contributed by atoms with van der Waals surface area (Å²) in [6.07, 6.45) is 4.31. The largest absolute Gasteiger partial charge is 0.507 e. The van der Waals surface area contributed by atoms with Gasteiger partial charge in [0, 0.05) is 18.2 Å². The van der Waals surface area contributed by atoms with Crippen molar-refractivity contribution in [3.05, 3.63) is 90.7 Å². The van der Waals surface area contributed by atoms with Crippen LogP contribution in [0.3, 0.4) is 0 Å². The van der Waals surface area contributed by atoms with Crippen molar-refractivity contribution in [1.29, 1.82) is 0 Å². The van der Waals surface area contributed by atoms with Crippen molar-refractivity contribution in [1.82, 2.24) is 10.6 Å². The third kappa shape index (κ3) is 7.57. The maximum atomic E-state index is 10.4. The smallest absolute Gasteiger partial charge is 0.123 e. The zero-order valence-corrected chi connectivity index (χ0v) is 19.3. The van der Waals surface area contributed by atoms with Gasteiger partial charge in [0.2, 0.25) is 0 Å². The molecule has 0 aromatic heterocycles. The molecule has 0 saturated carbocycles. The molecule has 0 bridgehead atoms. The number of nitrogens with one attached hydrogen (secondary N) is 2. The minimum atomic E-state index is 0.260. The first-order chi connectivity index (χ1) is 14.2. The molecule has 1 unspecified atom stereocenters. The van der Waals surface area contributed by atoms with Crippen molar-refractivity contribution in [2.45, 2.75) is 46.1 Å². The van der Waals surface area contributed by atoms with Crippen LogP contribution in [-0.4, -0.2) is 24.7 Å². The average Bonchev–Trinajstić information content (AvgIpc) is 2.72. The highest BCUT2D eigenvalue weighted by Gasteiger charge is 2.13. The zero-order valence-electron chi connectivity index (χ0n) is 19.3. The molecule has 2 aromatic carbocycles. The Balaban J connectivity index is 0.000000656. The molecule has 0 spiro atoms. The maximum absolute atomic E-state index is 10.4. The summed E-state index contributed by atoms with van der Waals surface area (Å²) in [7, 11) is 1.96. The molecule has 3 nitrogen and oxygen atoms in total. The second-order valence-corrected chi connectivity index (χ2v) is 7.87. The number of likely N-dealkylation sites (N-methyl/N-ethyl adjacent to an activating group) is 1. The average molecular weight is 407 g/mol. The Kier molecular flexibility index (Phi) is 10.7. The van der Waals surface area contributed by atoms with E-state index in [4.69, 9.17) is 0 Å². The molecule has 0 aliphatic carbocycles. The summed E-state index contributed by atoms with van der Waals surface area (Å²) in [5, 5.41) is 16.5. The summed E-state index contributed by atoms with van der Waals surface area (Å²) in [5.74, 6) is 0.773. The Bertz CT molecular complexity index is 844. The van der Waals surface area contributed by atoms with Gasteiger partial charge in [0.05, 0.1) is 0 Å². The van der Waals surface area contributed by atoms with Gasteiger partial charge in [-0.3, -0.25) is 0 Å². The molecule has 0 fully saturated rings. The van der Waals surface area contributed by atoms with Crippen LogP contribution in [0.1, 0.15) is 43.4 Å². The molecule has 3 heteroatoms. The number of hydrogen-bond donors (Lipinski definition) is 3. The number of aryl methyl sites for hydroxylation is 1. The Hall–Kier alpha value is -2.78. The van der Waals surface area contributed by atoms with Gasteiger partial charge in [-0.2, -0.15) is 0 Å². The molecule has 0 amide bonds. The lowest BCUT2D eigenvalue weighted by molar-refractivity contribution is 0.477. The van der Waals surface area contributed by atoms with Crippen LogP contribution in [-0.2, 0) is 6.42 Å². The van der Waals surface area contributed by atoms with Crippen molar-refractivity contribution in [2.24, 2.45) is 0 Å². The molecule has 162 valence electrons. The van der Waals surface area contributed by atoms with Gasteiger partial charge in [-0.05, 0) is 73.8 Å². The molecule has 30 heavy (non-hydrogen) atoms. The number of aromatic hydroxyl groups is 1. The highest BCUT2D eigenvalue weighted by Crippen LogP contribution is 2.35. The normalized spacial score (nSPS) is 11.3. The van der Waals surface area contributed by atoms with E-state index < -0.39 is 0 Å². The molecular weight excluding hydrogens is 368 g/mol. The van der Waals surface area contributed by atoms with E-state index in [0.29, 0.717) is 11.7 Å². The van der Waals surface area contributed by atoms with E-state index in [1.165, 1.54) is 16.7 Å². The molecule has 0 aliphatic heterocycles. The summed E-state index contributed by atoms with van der Waals surface area (Å²) in [4.78, 5) is 0. The second-order valence-electron chi connectivity index (χ2n) is 7.87. The first-order valence-corrected chi connectivity index (χ1v) is 10.5. The van der Waals surface area contributed by atoms with Crippen LogP contribution in [0.5, 0.6) is 5.75 Å². The van der Waals surface area contributed by atoms with Gasteiger partial charge in [0.25, 0.3) is 0 Å². The first kappa shape index (κ1) is 25.3. The zero-order chi connectivity index (χ0) is 22.7. The molecule has 1 atom stereocenters. The molecule has 3 N–H and O–H groups in total. The number of rotatable bonds is 9. The predicted molar refractivity (Wildman–Crippen MR) is 132 cm³/mol. The van der Waals surface area contributed by atoms with Crippen LogP contribution in [0, 0.1) is 6.92 Å². The monoisotopic (exact) mass is 406 g/mol. The molecule has 2 aromatic rings. The third-order valence-corrected chi connectivity index (χ3v) is 5.07. The lowest BCUT2D eigenvalue weighted by Crippen LogP contribution is -2.28. The summed E-state index contributed by atoms with van der Waals surface area (Å²) in [6.45, 7) is 20.3. The Morgan fingerprint density at radius 1 is 1.10 bits per heavy atom. The molecule has 0 saturated heterocycles. The van der Waals surface area contributed by atoms with Crippen LogP contribution in [0.2, 0.25) is 0 Å². The minimum Gasteiger partial charge on any atom is -0.507 e. The summed E-state index contributed by atoms with van der Waals surface area (Å²) < 4.78 is 0.